The lowest BCUT2D eigenvalue weighted by atomic mass is 10.1. The molecule has 2 rings (SSSR count). The fraction of sp³-hybridized carbons (Fsp3) is 0.222. The van der Waals surface area contributed by atoms with Gasteiger partial charge in [0.2, 0.25) is 0 Å². The molecule has 108 valence electrons. The molecule has 0 saturated carbocycles. The lowest BCUT2D eigenvalue weighted by molar-refractivity contribution is 0.124. The van der Waals surface area contributed by atoms with Gasteiger partial charge in [0.15, 0.2) is 0 Å². The maximum Gasteiger partial charge on any atom is 0.119 e. The van der Waals surface area contributed by atoms with Crippen LogP contribution >= 0.6 is 0 Å². The van der Waals surface area contributed by atoms with Gasteiger partial charge in [-0.05, 0) is 35.4 Å². The van der Waals surface area contributed by atoms with Crippen LogP contribution in [0.1, 0.15) is 16.7 Å². The summed E-state index contributed by atoms with van der Waals surface area (Å²) < 4.78 is 5.69. The molecule has 3 heteroatoms. The van der Waals surface area contributed by atoms with E-state index in [4.69, 9.17) is 16.3 Å². The molecule has 2 aromatic rings. The van der Waals surface area contributed by atoms with Crippen molar-refractivity contribution in [1.82, 2.24) is 0 Å². The van der Waals surface area contributed by atoms with E-state index in [0.29, 0.717) is 13.3 Å². The Labute approximate surface area is 125 Å². The molecule has 0 fully saturated rings. The van der Waals surface area contributed by atoms with Gasteiger partial charge in [0.1, 0.15) is 6.73 Å². The number of rotatable bonds is 6. The van der Waals surface area contributed by atoms with E-state index in [1.165, 1.54) is 0 Å². The van der Waals surface area contributed by atoms with Crippen LogP contribution in [-0.4, -0.2) is 18.9 Å². The minimum absolute atomic E-state index is 0.0457. The molecule has 2 aromatic carbocycles. The molecule has 0 aliphatic rings. The molecule has 0 spiro atoms. The minimum atomic E-state index is 0.0457. The van der Waals surface area contributed by atoms with E-state index in [1.54, 1.807) is 0 Å². The molecule has 1 N–H and O–H groups in total. The van der Waals surface area contributed by atoms with Crippen LogP contribution in [0.4, 0.5) is 5.69 Å². The quantitative estimate of drug-likeness (QED) is 0.653. The molecule has 0 amide bonds. The van der Waals surface area contributed by atoms with Crippen LogP contribution in [-0.2, 0) is 18.0 Å². The predicted octanol–water partition coefficient (Wildman–Crippen LogP) is 2.77. The van der Waals surface area contributed by atoms with Gasteiger partial charge in [-0.15, -0.1) is 6.42 Å². The molecule has 0 aliphatic carbocycles. The molecule has 0 atom stereocenters. The second kappa shape index (κ2) is 7.49. The van der Waals surface area contributed by atoms with Gasteiger partial charge in [0, 0.05) is 18.3 Å². The molecular weight excluding hydrogens is 262 g/mol. The molecule has 0 bridgehead atoms. The summed E-state index contributed by atoms with van der Waals surface area (Å²) in [5.41, 5.74) is 3.87. The Hall–Kier alpha value is -2.28. The molecule has 0 unspecified atom stereocenters. The number of aliphatic hydroxyl groups excluding tert-OH is 1. The maximum absolute atomic E-state index is 9.15. The third-order valence-electron chi connectivity index (χ3n) is 3.21. The normalized spacial score (nSPS) is 10.1. The first-order chi connectivity index (χ1) is 10.2. The molecule has 0 radical (unpaired) electrons. The van der Waals surface area contributed by atoms with Crippen molar-refractivity contribution >= 4 is 5.69 Å². The highest BCUT2D eigenvalue weighted by Gasteiger charge is 2.02. The minimum Gasteiger partial charge on any atom is -0.392 e. The van der Waals surface area contributed by atoms with Crippen molar-refractivity contribution in [3.63, 3.8) is 0 Å². The molecule has 3 nitrogen and oxygen atoms in total. The van der Waals surface area contributed by atoms with E-state index in [0.717, 1.165) is 22.4 Å². The predicted molar refractivity (Wildman–Crippen MR) is 84.8 cm³/mol. The Morgan fingerprint density at radius 2 is 1.90 bits per heavy atom. The lowest BCUT2D eigenvalue weighted by Gasteiger charge is -2.20. The van der Waals surface area contributed by atoms with Crippen molar-refractivity contribution in [3.05, 3.63) is 65.2 Å². The Morgan fingerprint density at radius 3 is 2.57 bits per heavy atom. The fourth-order valence-electron chi connectivity index (χ4n) is 1.96. The zero-order valence-electron chi connectivity index (χ0n) is 12.1. The zero-order chi connectivity index (χ0) is 15.1. The zero-order valence-corrected chi connectivity index (χ0v) is 12.1. The Morgan fingerprint density at radius 1 is 1.14 bits per heavy atom. The summed E-state index contributed by atoms with van der Waals surface area (Å²) in [6.07, 6.45) is 5.32. The van der Waals surface area contributed by atoms with E-state index in [9.17, 15) is 0 Å². The lowest BCUT2D eigenvalue weighted by Crippen LogP contribution is -2.20. The van der Waals surface area contributed by atoms with Crippen molar-refractivity contribution < 1.29 is 9.84 Å². The first-order valence-corrected chi connectivity index (χ1v) is 6.77. The summed E-state index contributed by atoms with van der Waals surface area (Å²) in [6.45, 7) is 1.06. The fourth-order valence-corrected chi connectivity index (χ4v) is 1.96. The SMILES string of the molecule is C#Cc1ccc(COCN(C)c2cccc(CO)c2)cc1. The van der Waals surface area contributed by atoms with Crippen LogP contribution in [0.5, 0.6) is 0 Å². The molecule has 0 aliphatic heterocycles. The summed E-state index contributed by atoms with van der Waals surface area (Å²) in [4.78, 5) is 2.00. The second-order valence-corrected chi connectivity index (χ2v) is 4.84. The summed E-state index contributed by atoms with van der Waals surface area (Å²) >= 11 is 0. The molecule has 0 aromatic heterocycles. The van der Waals surface area contributed by atoms with Gasteiger partial charge in [0.25, 0.3) is 0 Å². The van der Waals surface area contributed by atoms with Gasteiger partial charge < -0.3 is 14.7 Å². The monoisotopic (exact) mass is 281 g/mol. The topological polar surface area (TPSA) is 32.7 Å². The summed E-state index contributed by atoms with van der Waals surface area (Å²) in [5.74, 6) is 2.59. The van der Waals surface area contributed by atoms with Crippen LogP contribution in [0, 0.1) is 12.3 Å². The first kappa shape index (κ1) is 15.1. The smallest absolute Gasteiger partial charge is 0.119 e. The van der Waals surface area contributed by atoms with E-state index in [2.05, 4.69) is 5.92 Å². The third-order valence-corrected chi connectivity index (χ3v) is 3.21. The van der Waals surface area contributed by atoms with Gasteiger partial charge in [-0.2, -0.15) is 0 Å². The van der Waals surface area contributed by atoms with Crippen molar-refractivity contribution in [2.24, 2.45) is 0 Å². The number of ether oxygens (including phenoxy) is 1. The number of benzene rings is 2. The van der Waals surface area contributed by atoms with Crippen molar-refractivity contribution in [2.75, 3.05) is 18.7 Å². The van der Waals surface area contributed by atoms with Gasteiger partial charge >= 0.3 is 0 Å². The summed E-state index contributed by atoms with van der Waals surface area (Å²) in [5, 5.41) is 9.15. The average Bonchev–Trinajstić information content (AvgIpc) is 2.55. The first-order valence-electron chi connectivity index (χ1n) is 6.77. The van der Waals surface area contributed by atoms with Crippen LogP contribution in [0.3, 0.4) is 0 Å². The summed E-state index contributed by atoms with van der Waals surface area (Å²) in [6, 6.07) is 15.5. The Balaban J connectivity index is 1.85. The van der Waals surface area contributed by atoms with Crippen LogP contribution in [0.15, 0.2) is 48.5 Å². The third kappa shape index (κ3) is 4.35. The molecule has 0 saturated heterocycles. The van der Waals surface area contributed by atoms with Crippen molar-refractivity contribution in [2.45, 2.75) is 13.2 Å². The number of hydrogen-bond donors (Lipinski definition) is 1. The largest absolute Gasteiger partial charge is 0.392 e. The van der Waals surface area contributed by atoms with Crippen molar-refractivity contribution in [1.29, 1.82) is 0 Å². The van der Waals surface area contributed by atoms with Crippen LogP contribution in [0.25, 0.3) is 0 Å². The van der Waals surface area contributed by atoms with Gasteiger partial charge in [0.05, 0.1) is 13.2 Å². The maximum atomic E-state index is 9.15. The van der Waals surface area contributed by atoms with E-state index in [-0.39, 0.29) is 6.61 Å². The van der Waals surface area contributed by atoms with Crippen LogP contribution < -0.4 is 4.90 Å². The average molecular weight is 281 g/mol. The van der Waals surface area contributed by atoms with Gasteiger partial charge in [-0.25, -0.2) is 0 Å². The number of terminal acetylenes is 1. The molecular formula is C18H19NO2. The van der Waals surface area contributed by atoms with Gasteiger partial charge in [-0.3, -0.25) is 0 Å². The summed E-state index contributed by atoms with van der Waals surface area (Å²) in [7, 11) is 1.96. The highest BCUT2D eigenvalue weighted by molar-refractivity contribution is 5.47. The van der Waals surface area contributed by atoms with E-state index < -0.39 is 0 Å². The van der Waals surface area contributed by atoms with Crippen molar-refractivity contribution in [3.8, 4) is 12.3 Å². The number of nitrogens with zero attached hydrogens (tertiary/aromatic N) is 1. The molecule has 0 heterocycles. The van der Waals surface area contributed by atoms with E-state index in [1.807, 2.05) is 60.5 Å². The standard InChI is InChI=1S/C18H19NO2/c1-3-15-7-9-16(10-8-15)13-21-14-19(2)18-6-4-5-17(11-18)12-20/h1,4-11,20H,12-14H2,2H3. The van der Waals surface area contributed by atoms with Crippen LogP contribution in [0.2, 0.25) is 0 Å². The highest BCUT2D eigenvalue weighted by Crippen LogP contribution is 2.15. The van der Waals surface area contributed by atoms with E-state index >= 15 is 0 Å². The number of aliphatic hydroxyl groups is 1. The number of hydrogen-bond acceptors (Lipinski definition) is 3. The number of anilines is 1. The highest BCUT2D eigenvalue weighted by atomic mass is 16.5. The Kier molecular flexibility index (Phi) is 5.39. The Bertz CT molecular complexity index is 614. The molecule has 21 heavy (non-hydrogen) atoms. The second-order valence-electron chi connectivity index (χ2n) is 4.84. The van der Waals surface area contributed by atoms with Gasteiger partial charge in [-0.1, -0.05) is 30.2 Å².